The van der Waals surface area contributed by atoms with E-state index in [4.69, 9.17) is 0 Å². The van der Waals surface area contributed by atoms with Gasteiger partial charge in [-0.15, -0.1) is 0 Å². The number of carbonyl (C=O) groups excluding carboxylic acids is 2. The van der Waals surface area contributed by atoms with E-state index in [1.54, 1.807) is 4.31 Å². The van der Waals surface area contributed by atoms with Crippen molar-refractivity contribution >= 4 is 22.9 Å². The molecule has 2 amide bonds. The number of imide groups is 1. The highest BCUT2D eigenvalue weighted by Gasteiger charge is 2.42. The molecule has 1 fully saturated rings. The second-order valence-corrected chi connectivity index (χ2v) is 9.09. The third-order valence-corrected chi connectivity index (χ3v) is 7.17. The molecule has 1 heterocycles. The van der Waals surface area contributed by atoms with Crippen LogP contribution in [0.3, 0.4) is 0 Å². The molecule has 1 saturated heterocycles. The van der Waals surface area contributed by atoms with Crippen molar-refractivity contribution in [3.8, 4) is 0 Å². The van der Waals surface area contributed by atoms with Gasteiger partial charge in [0.05, 0.1) is 0 Å². The fraction of sp³-hybridized carbons (Fsp3) is 0.900. The van der Waals surface area contributed by atoms with Crippen LogP contribution in [0.5, 0.6) is 0 Å². The molecule has 0 aliphatic carbocycles. The van der Waals surface area contributed by atoms with Crippen LogP contribution in [-0.4, -0.2) is 27.6 Å². The molecule has 0 spiro atoms. The van der Waals surface area contributed by atoms with Gasteiger partial charge in [0.15, 0.2) is 0 Å². The maximum Gasteiger partial charge on any atom is 0.273 e. The summed E-state index contributed by atoms with van der Waals surface area (Å²) in [6.07, 6.45) is 16.1. The smallest absolute Gasteiger partial charge is 0.270 e. The van der Waals surface area contributed by atoms with Gasteiger partial charge in [-0.05, 0) is 25.7 Å². The minimum absolute atomic E-state index is 0.0836. The predicted octanol–water partition coefficient (Wildman–Crippen LogP) is 5.39. The zero-order chi connectivity index (χ0) is 17.6. The summed E-state index contributed by atoms with van der Waals surface area (Å²) < 4.78 is 1.65. The molecule has 0 aromatic heterocycles. The van der Waals surface area contributed by atoms with Crippen LogP contribution in [0, 0.1) is 0 Å². The molecular formula is C20H38NO2S+. The van der Waals surface area contributed by atoms with Gasteiger partial charge in [-0.2, -0.15) is 0 Å². The van der Waals surface area contributed by atoms with Crippen molar-refractivity contribution in [3.05, 3.63) is 0 Å². The Bertz CT molecular complexity index is 328. The topological polar surface area (TPSA) is 37.4 Å². The van der Waals surface area contributed by atoms with Gasteiger partial charge in [0.2, 0.25) is 0 Å². The summed E-state index contributed by atoms with van der Waals surface area (Å²) in [4.78, 5) is 24.2. The molecule has 1 aliphatic rings. The third kappa shape index (κ3) is 8.55. The largest absolute Gasteiger partial charge is 0.273 e. The Hall–Kier alpha value is -0.510. The summed E-state index contributed by atoms with van der Waals surface area (Å²) in [5.41, 5.74) is 0. The average Bonchev–Trinajstić information content (AvgIpc) is 2.91. The Balaban J connectivity index is 2.33. The predicted molar refractivity (Wildman–Crippen MR) is 105 cm³/mol. The van der Waals surface area contributed by atoms with Crippen LogP contribution in [0.25, 0.3) is 0 Å². The van der Waals surface area contributed by atoms with Gasteiger partial charge < -0.3 is 0 Å². The number of unbranched alkanes of at least 4 members (excludes halogenated alkanes) is 10. The summed E-state index contributed by atoms with van der Waals surface area (Å²) >= 11 is -0.140. The standard InChI is InChI=1S/C20H38NO2S/c1-3-5-7-9-11-13-17-24(18-14-12-10-8-6-4-2)21-19(22)15-16-20(21)23/h3-18H2,1-2H3/q+1. The molecule has 0 bridgehead atoms. The second-order valence-electron chi connectivity index (χ2n) is 6.99. The van der Waals surface area contributed by atoms with Crippen LogP contribution in [0.4, 0.5) is 0 Å². The highest BCUT2D eigenvalue weighted by atomic mass is 32.2. The summed E-state index contributed by atoms with van der Waals surface area (Å²) in [6.45, 7) is 4.48. The van der Waals surface area contributed by atoms with Crippen LogP contribution >= 0.6 is 0 Å². The number of nitrogens with zero attached hydrogens (tertiary/aromatic N) is 1. The van der Waals surface area contributed by atoms with Crippen molar-refractivity contribution in [2.75, 3.05) is 11.5 Å². The highest BCUT2D eigenvalue weighted by Crippen LogP contribution is 2.22. The van der Waals surface area contributed by atoms with Crippen LogP contribution < -0.4 is 0 Å². The second kappa shape index (κ2) is 13.7. The molecule has 0 unspecified atom stereocenters. The van der Waals surface area contributed by atoms with Gasteiger partial charge in [-0.1, -0.05) is 69.5 Å². The first-order chi connectivity index (χ1) is 11.7. The number of amides is 2. The molecule has 0 N–H and O–H groups in total. The fourth-order valence-electron chi connectivity index (χ4n) is 3.23. The minimum Gasteiger partial charge on any atom is -0.270 e. The molecule has 3 nitrogen and oxygen atoms in total. The van der Waals surface area contributed by atoms with E-state index in [1.165, 1.54) is 77.0 Å². The molecule has 0 aromatic carbocycles. The zero-order valence-corrected chi connectivity index (χ0v) is 16.8. The van der Waals surface area contributed by atoms with Crippen LogP contribution in [0.15, 0.2) is 0 Å². The van der Waals surface area contributed by atoms with Crippen molar-refractivity contribution in [2.24, 2.45) is 0 Å². The molecule has 0 atom stereocenters. The van der Waals surface area contributed by atoms with Crippen molar-refractivity contribution in [1.29, 1.82) is 0 Å². The first-order valence-electron chi connectivity index (χ1n) is 10.2. The summed E-state index contributed by atoms with van der Waals surface area (Å²) in [7, 11) is 0. The van der Waals surface area contributed by atoms with Crippen LogP contribution in [0.1, 0.15) is 104 Å². The lowest BCUT2D eigenvalue weighted by molar-refractivity contribution is -0.132. The number of hydrogen-bond acceptors (Lipinski definition) is 2. The molecule has 4 heteroatoms. The van der Waals surface area contributed by atoms with E-state index in [-0.39, 0.29) is 22.9 Å². The lowest BCUT2D eigenvalue weighted by atomic mass is 10.1. The van der Waals surface area contributed by atoms with E-state index in [9.17, 15) is 9.59 Å². The van der Waals surface area contributed by atoms with Crippen molar-refractivity contribution in [3.63, 3.8) is 0 Å². The van der Waals surface area contributed by atoms with Crippen molar-refractivity contribution in [2.45, 2.75) is 104 Å². The molecule has 0 aromatic rings. The van der Waals surface area contributed by atoms with Gasteiger partial charge in [0.25, 0.3) is 11.8 Å². The monoisotopic (exact) mass is 356 g/mol. The first-order valence-corrected chi connectivity index (χ1v) is 11.8. The molecule has 0 radical (unpaired) electrons. The van der Waals surface area contributed by atoms with E-state index < -0.39 is 0 Å². The van der Waals surface area contributed by atoms with Gasteiger partial charge >= 0.3 is 0 Å². The maximum absolute atomic E-state index is 12.1. The van der Waals surface area contributed by atoms with E-state index in [1.807, 2.05) is 0 Å². The number of rotatable bonds is 15. The fourth-order valence-corrected chi connectivity index (χ4v) is 5.63. The molecule has 0 saturated carbocycles. The Labute approximate surface area is 152 Å². The van der Waals surface area contributed by atoms with E-state index in [0.717, 1.165) is 11.5 Å². The van der Waals surface area contributed by atoms with Crippen LogP contribution in [-0.2, 0) is 20.7 Å². The van der Waals surface area contributed by atoms with Gasteiger partial charge in [-0.3, -0.25) is 9.59 Å². The molecular weight excluding hydrogens is 318 g/mol. The molecule has 140 valence electrons. The Morgan fingerprint density at radius 1 is 0.667 bits per heavy atom. The molecule has 1 rings (SSSR count). The summed E-state index contributed by atoms with van der Waals surface area (Å²) in [5.74, 6) is 2.25. The van der Waals surface area contributed by atoms with E-state index in [0.29, 0.717) is 12.8 Å². The lowest BCUT2D eigenvalue weighted by Crippen LogP contribution is -2.39. The van der Waals surface area contributed by atoms with Crippen molar-refractivity contribution < 1.29 is 9.59 Å². The normalized spacial score (nSPS) is 15.0. The van der Waals surface area contributed by atoms with E-state index in [2.05, 4.69) is 13.8 Å². The number of carbonyl (C=O) groups is 2. The first kappa shape index (κ1) is 21.5. The third-order valence-electron chi connectivity index (χ3n) is 4.73. The van der Waals surface area contributed by atoms with E-state index >= 15 is 0 Å². The highest BCUT2D eigenvalue weighted by molar-refractivity contribution is 7.95. The SMILES string of the molecule is CCCCCCCC[S+](CCCCCCCC)N1C(=O)CCC1=O. The molecule has 1 aliphatic heterocycles. The van der Waals surface area contributed by atoms with Crippen molar-refractivity contribution in [1.82, 2.24) is 4.31 Å². The Morgan fingerprint density at radius 3 is 1.46 bits per heavy atom. The Morgan fingerprint density at radius 2 is 1.04 bits per heavy atom. The van der Waals surface area contributed by atoms with Gasteiger partial charge in [-0.25, -0.2) is 0 Å². The van der Waals surface area contributed by atoms with Crippen LogP contribution in [0.2, 0.25) is 0 Å². The van der Waals surface area contributed by atoms with Gasteiger partial charge in [0.1, 0.15) is 22.6 Å². The average molecular weight is 357 g/mol. The summed E-state index contributed by atoms with van der Waals surface area (Å²) in [5, 5.41) is 0. The quantitative estimate of drug-likeness (QED) is 0.224. The summed E-state index contributed by atoms with van der Waals surface area (Å²) in [6, 6.07) is 0. The Kier molecular flexibility index (Phi) is 12.3. The number of hydrogen-bond donors (Lipinski definition) is 0. The van der Waals surface area contributed by atoms with Gasteiger partial charge in [0, 0.05) is 12.8 Å². The lowest BCUT2D eigenvalue weighted by Gasteiger charge is -2.16. The zero-order valence-electron chi connectivity index (χ0n) is 16.0. The molecule has 24 heavy (non-hydrogen) atoms. The maximum atomic E-state index is 12.1. The minimum atomic E-state index is -0.140.